The highest BCUT2D eigenvalue weighted by Crippen LogP contribution is 2.27. The second-order valence-electron chi connectivity index (χ2n) is 5.06. The van der Waals surface area contributed by atoms with E-state index >= 15 is 0 Å². The van der Waals surface area contributed by atoms with Gasteiger partial charge in [0.1, 0.15) is 5.82 Å². The van der Waals surface area contributed by atoms with Crippen molar-refractivity contribution in [2.45, 2.75) is 18.2 Å². The summed E-state index contributed by atoms with van der Waals surface area (Å²) < 4.78 is 15.9. The fourth-order valence-electron chi connectivity index (χ4n) is 2.18. The van der Waals surface area contributed by atoms with Crippen LogP contribution in [0.1, 0.15) is 20.1 Å². The molecule has 24 heavy (non-hydrogen) atoms. The Kier molecular flexibility index (Phi) is 5.29. The summed E-state index contributed by atoms with van der Waals surface area (Å²) in [4.78, 5) is 14.5. The molecule has 0 spiro atoms. The van der Waals surface area contributed by atoms with Crippen molar-refractivity contribution in [2.75, 3.05) is 5.75 Å². The molecule has 0 bridgehead atoms. The van der Waals surface area contributed by atoms with Gasteiger partial charge in [0.25, 0.3) is 0 Å². The molecule has 0 saturated carbocycles. The molecule has 2 heterocycles. The molecule has 0 aliphatic rings. The average Bonchev–Trinajstić information content (AvgIpc) is 3.08. The molecular weight excluding hydrogens is 383 g/mol. The van der Waals surface area contributed by atoms with Crippen LogP contribution in [-0.4, -0.2) is 21.3 Å². The number of aryl methyl sites for hydroxylation is 2. The molecule has 0 unspecified atom stereocenters. The van der Waals surface area contributed by atoms with Crippen molar-refractivity contribution in [1.82, 2.24) is 9.78 Å². The van der Waals surface area contributed by atoms with Gasteiger partial charge in [-0.2, -0.15) is 0 Å². The highest BCUT2D eigenvalue weighted by atomic mass is 32.2. The first-order valence-electron chi connectivity index (χ1n) is 7.03. The van der Waals surface area contributed by atoms with Crippen LogP contribution in [0.3, 0.4) is 0 Å². The first kappa shape index (κ1) is 17.5. The Hall–Kier alpha value is -1.35. The lowest BCUT2D eigenvalue weighted by Gasteiger charge is -2.00. The van der Waals surface area contributed by atoms with E-state index in [1.54, 1.807) is 28.2 Å². The van der Waals surface area contributed by atoms with Gasteiger partial charge in [0.15, 0.2) is 14.1 Å². The van der Waals surface area contributed by atoms with E-state index in [9.17, 15) is 9.18 Å². The maximum Gasteiger partial charge on any atom is 0.184 e. The van der Waals surface area contributed by atoms with Crippen LogP contribution < -0.4 is 0 Å². The second-order valence-corrected chi connectivity index (χ2v) is 9.37. The lowest BCUT2D eigenvalue weighted by molar-refractivity contribution is 0.102. The molecule has 0 fully saturated rings. The van der Waals surface area contributed by atoms with E-state index in [0.717, 1.165) is 19.7 Å². The molecule has 0 N–H and O–H groups in total. The van der Waals surface area contributed by atoms with Crippen molar-refractivity contribution in [1.29, 1.82) is 0 Å². The number of ketones is 1. The smallest absolute Gasteiger partial charge is 0.184 e. The van der Waals surface area contributed by atoms with Gasteiger partial charge in [-0.15, -0.1) is 16.4 Å². The molecular formula is C16H13FN2OS4. The Morgan fingerprint density at radius 1 is 1.29 bits per heavy atom. The van der Waals surface area contributed by atoms with E-state index in [-0.39, 0.29) is 11.6 Å². The van der Waals surface area contributed by atoms with E-state index in [4.69, 9.17) is 12.2 Å². The van der Waals surface area contributed by atoms with Crippen molar-refractivity contribution in [3.05, 3.63) is 55.4 Å². The molecule has 3 rings (SSSR count). The van der Waals surface area contributed by atoms with Crippen LogP contribution in [0.25, 0.3) is 5.69 Å². The monoisotopic (exact) mass is 396 g/mol. The van der Waals surface area contributed by atoms with Crippen LogP contribution in [-0.2, 0) is 0 Å². The van der Waals surface area contributed by atoms with Gasteiger partial charge in [-0.25, -0.2) is 9.07 Å². The molecule has 0 saturated heterocycles. The minimum absolute atomic E-state index is 0.0938. The number of Topliss-reactive ketones (excluding diaryl/α,β-unsaturated/α-hetero) is 1. The Morgan fingerprint density at radius 2 is 2.00 bits per heavy atom. The van der Waals surface area contributed by atoms with Gasteiger partial charge < -0.3 is 0 Å². The van der Waals surface area contributed by atoms with Crippen LogP contribution in [0.5, 0.6) is 0 Å². The number of hydrogen-bond donors (Lipinski definition) is 0. The molecule has 124 valence electrons. The number of aromatic nitrogens is 2. The third-order valence-corrected chi connectivity index (χ3v) is 6.60. The van der Waals surface area contributed by atoms with E-state index in [0.29, 0.717) is 15.4 Å². The van der Waals surface area contributed by atoms with Gasteiger partial charge in [0.05, 0.1) is 11.4 Å². The van der Waals surface area contributed by atoms with Crippen LogP contribution in [0, 0.1) is 23.6 Å². The van der Waals surface area contributed by atoms with Gasteiger partial charge in [0.2, 0.25) is 0 Å². The van der Waals surface area contributed by atoms with Gasteiger partial charge in [0, 0.05) is 15.3 Å². The summed E-state index contributed by atoms with van der Waals surface area (Å²) in [6.07, 6.45) is 0. The average molecular weight is 397 g/mol. The summed E-state index contributed by atoms with van der Waals surface area (Å²) in [5.74, 6) is 0.112. The molecule has 8 heteroatoms. The molecule has 0 aliphatic heterocycles. The number of benzene rings is 1. The number of halogens is 1. The quantitative estimate of drug-likeness (QED) is 0.326. The molecule has 2 aromatic heterocycles. The molecule has 3 nitrogen and oxygen atoms in total. The third-order valence-electron chi connectivity index (χ3n) is 3.27. The maximum absolute atomic E-state index is 13.0. The SMILES string of the molecule is Cc1cc(C(=O)CSc2nn(-c3ccc(F)cc3)c(=S)s2)c(C)s1. The van der Waals surface area contributed by atoms with Crippen molar-refractivity contribution < 1.29 is 9.18 Å². The highest BCUT2D eigenvalue weighted by Gasteiger charge is 2.14. The summed E-state index contributed by atoms with van der Waals surface area (Å²) in [7, 11) is 0. The van der Waals surface area contributed by atoms with Gasteiger partial charge in [-0.1, -0.05) is 23.1 Å². The minimum atomic E-state index is -0.304. The van der Waals surface area contributed by atoms with E-state index < -0.39 is 0 Å². The molecule has 3 aromatic rings. The maximum atomic E-state index is 13.0. The first-order chi connectivity index (χ1) is 11.4. The zero-order chi connectivity index (χ0) is 17.3. The topological polar surface area (TPSA) is 34.9 Å². The minimum Gasteiger partial charge on any atom is -0.293 e. The largest absolute Gasteiger partial charge is 0.293 e. The summed E-state index contributed by atoms with van der Waals surface area (Å²) in [6.45, 7) is 3.96. The number of hydrogen-bond acceptors (Lipinski definition) is 6. The lowest BCUT2D eigenvalue weighted by Crippen LogP contribution is -2.02. The molecule has 1 aromatic carbocycles. The molecule has 0 atom stereocenters. The summed E-state index contributed by atoms with van der Waals surface area (Å²) in [5, 5.41) is 4.42. The Bertz CT molecular complexity index is 940. The van der Waals surface area contributed by atoms with Crippen molar-refractivity contribution in [3.63, 3.8) is 0 Å². The van der Waals surface area contributed by atoms with E-state index in [1.165, 1.54) is 35.2 Å². The fourth-order valence-corrected chi connectivity index (χ4v) is 5.36. The number of thioether (sulfide) groups is 1. The van der Waals surface area contributed by atoms with Crippen molar-refractivity contribution in [2.24, 2.45) is 0 Å². The van der Waals surface area contributed by atoms with Crippen molar-refractivity contribution in [3.8, 4) is 5.69 Å². The standard InChI is InChI=1S/C16H13FN2OS4/c1-9-7-13(10(2)23-9)14(20)8-22-15-18-19(16(21)24-15)12-5-3-11(17)4-6-12/h3-7H,8H2,1-2H3. The highest BCUT2D eigenvalue weighted by molar-refractivity contribution is 8.01. The van der Waals surface area contributed by atoms with Crippen LogP contribution in [0.15, 0.2) is 34.7 Å². The van der Waals surface area contributed by atoms with Gasteiger partial charge in [-0.05, 0) is 56.4 Å². The summed E-state index contributed by atoms with van der Waals surface area (Å²) in [5.41, 5.74) is 1.49. The van der Waals surface area contributed by atoms with E-state index in [1.807, 2.05) is 19.9 Å². The van der Waals surface area contributed by atoms with Crippen LogP contribution in [0.4, 0.5) is 4.39 Å². The fraction of sp³-hybridized carbons (Fsp3) is 0.188. The normalized spacial score (nSPS) is 11.0. The zero-order valence-corrected chi connectivity index (χ0v) is 16.2. The van der Waals surface area contributed by atoms with Gasteiger partial charge >= 0.3 is 0 Å². The van der Waals surface area contributed by atoms with Crippen LogP contribution in [0.2, 0.25) is 0 Å². The number of carbonyl (C=O) groups excluding carboxylic acids is 1. The van der Waals surface area contributed by atoms with Crippen molar-refractivity contribution >= 4 is 52.4 Å². The summed E-state index contributed by atoms with van der Waals surface area (Å²) >= 11 is 9.66. The Balaban J connectivity index is 1.74. The number of rotatable bonds is 5. The van der Waals surface area contributed by atoms with Crippen LogP contribution >= 0.6 is 46.7 Å². The zero-order valence-electron chi connectivity index (χ0n) is 12.9. The third kappa shape index (κ3) is 3.83. The second kappa shape index (κ2) is 7.26. The molecule has 0 radical (unpaired) electrons. The summed E-state index contributed by atoms with van der Waals surface area (Å²) in [6, 6.07) is 7.93. The number of nitrogens with zero attached hydrogens (tertiary/aromatic N) is 2. The Labute approximate surface area is 156 Å². The Morgan fingerprint density at radius 3 is 2.62 bits per heavy atom. The lowest BCUT2D eigenvalue weighted by atomic mass is 10.2. The predicted molar refractivity (Wildman–Crippen MR) is 101 cm³/mol. The first-order valence-corrected chi connectivity index (χ1v) is 10.1. The predicted octanol–water partition coefficient (Wildman–Crippen LogP) is 5.46. The molecule has 0 aliphatic carbocycles. The number of carbonyl (C=O) groups is 1. The number of thiophene rings is 1. The molecule has 0 amide bonds. The van der Waals surface area contributed by atoms with E-state index in [2.05, 4.69) is 5.10 Å². The van der Waals surface area contributed by atoms with Gasteiger partial charge in [-0.3, -0.25) is 4.79 Å².